The van der Waals surface area contributed by atoms with Crippen LogP contribution in [0.4, 0.5) is 10.1 Å². The molecule has 0 saturated carbocycles. The number of aliphatic hydroxyl groups excluding tert-OH is 1. The Hall–Kier alpha value is -1.62. The summed E-state index contributed by atoms with van der Waals surface area (Å²) in [6.45, 7) is 2.81. The van der Waals surface area contributed by atoms with Gasteiger partial charge in [0.2, 0.25) is 5.91 Å². The minimum atomic E-state index is -0.735. The molecule has 0 bridgehead atoms. The summed E-state index contributed by atoms with van der Waals surface area (Å²) in [4.78, 5) is 13.6. The predicted octanol–water partition coefficient (Wildman–Crippen LogP) is 1.84. The highest BCUT2D eigenvalue weighted by Gasteiger charge is 2.28. The van der Waals surface area contributed by atoms with Crippen molar-refractivity contribution >= 4 is 11.6 Å². The van der Waals surface area contributed by atoms with Crippen LogP contribution in [-0.4, -0.2) is 31.2 Å². The van der Waals surface area contributed by atoms with Gasteiger partial charge < -0.3 is 15.3 Å². The second-order valence-corrected chi connectivity index (χ2v) is 5.25. The normalized spacial score (nSPS) is 20.6. The molecular weight excluding hydrogens is 259 g/mol. The number of piperidine rings is 1. The zero-order valence-corrected chi connectivity index (χ0v) is 11.9. The van der Waals surface area contributed by atoms with Crippen LogP contribution in [0.2, 0.25) is 0 Å². The van der Waals surface area contributed by atoms with Gasteiger partial charge in [-0.1, -0.05) is 12.1 Å². The average molecular weight is 280 g/mol. The molecule has 1 aliphatic rings. The summed E-state index contributed by atoms with van der Waals surface area (Å²) in [5, 5.41) is 12.5. The van der Waals surface area contributed by atoms with Crippen molar-refractivity contribution in [2.75, 3.05) is 25.0 Å². The molecule has 0 aromatic heterocycles. The maximum Gasteiger partial charge on any atom is 0.224 e. The van der Waals surface area contributed by atoms with Crippen molar-refractivity contribution in [2.24, 2.45) is 5.92 Å². The summed E-state index contributed by atoms with van der Waals surface area (Å²) in [5.41, 5.74) is 0.999. The van der Waals surface area contributed by atoms with Gasteiger partial charge in [0.1, 0.15) is 5.82 Å². The van der Waals surface area contributed by atoms with E-state index in [1.807, 2.05) is 4.90 Å². The van der Waals surface area contributed by atoms with Crippen LogP contribution in [0.25, 0.3) is 0 Å². The molecule has 1 aliphatic heterocycles. The molecule has 20 heavy (non-hydrogen) atoms. The van der Waals surface area contributed by atoms with Crippen molar-refractivity contribution in [1.29, 1.82) is 0 Å². The van der Waals surface area contributed by atoms with Gasteiger partial charge in [-0.15, -0.1) is 0 Å². The lowest BCUT2D eigenvalue weighted by atomic mass is 9.95. The molecular formula is C15H21FN2O2. The minimum Gasteiger partial charge on any atom is -0.389 e. The van der Waals surface area contributed by atoms with E-state index in [2.05, 4.69) is 5.32 Å². The van der Waals surface area contributed by atoms with Crippen LogP contribution in [-0.2, 0) is 4.79 Å². The molecule has 2 N–H and O–H groups in total. The number of amides is 1. The van der Waals surface area contributed by atoms with Crippen molar-refractivity contribution in [2.45, 2.75) is 25.9 Å². The Bertz CT molecular complexity index is 491. The van der Waals surface area contributed by atoms with Crippen LogP contribution in [0, 0.1) is 11.7 Å². The number of hydrogen-bond acceptors (Lipinski definition) is 3. The summed E-state index contributed by atoms with van der Waals surface area (Å²) in [6.07, 6.45) is 0.918. The third-order valence-electron chi connectivity index (χ3n) is 3.82. The quantitative estimate of drug-likeness (QED) is 0.888. The maximum atomic E-state index is 14.2. The molecule has 0 radical (unpaired) electrons. The molecule has 1 heterocycles. The molecule has 1 unspecified atom stereocenters. The second kappa shape index (κ2) is 6.22. The molecule has 5 heteroatoms. The number of benzene rings is 1. The number of nitrogens with one attached hydrogen (secondary N) is 1. The fourth-order valence-electron chi connectivity index (χ4n) is 2.80. The van der Waals surface area contributed by atoms with E-state index in [4.69, 9.17) is 0 Å². The Morgan fingerprint density at radius 3 is 2.95 bits per heavy atom. The highest BCUT2D eigenvalue weighted by molar-refractivity contribution is 5.79. The van der Waals surface area contributed by atoms with Crippen LogP contribution >= 0.6 is 0 Å². The maximum absolute atomic E-state index is 14.2. The number of rotatable bonds is 3. The van der Waals surface area contributed by atoms with Gasteiger partial charge in [0.15, 0.2) is 0 Å². The molecule has 0 spiro atoms. The molecule has 1 fully saturated rings. The summed E-state index contributed by atoms with van der Waals surface area (Å²) in [7, 11) is 1.62. The van der Waals surface area contributed by atoms with E-state index in [1.165, 1.54) is 6.07 Å². The molecule has 2 atom stereocenters. The Kier molecular flexibility index (Phi) is 4.60. The van der Waals surface area contributed by atoms with Gasteiger partial charge in [0.25, 0.3) is 0 Å². The van der Waals surface area contributed by atoms with Crippen LogP contribution in [0.1, 0.15) is 31.4 Å². The lowest BCUT2D eigenvalue weighted by Crippen LogP contribution is -2.42. The highest BCUT2D eigenvalue weighted by Crippen LogP contribution is 2.32. The first kappa shape index (κ1) is 14.8. The Labute approximate surface area is 118 Å². The van der Waals surface area contributed by atoms with Gasteiger partial charge in [-0.3, -0.25) is 4.79 Å². The standard InChI is InChI=1S/C15H21FN2O2/c1-10(19)12-6-3-7-13(16)14(12)18-8-4-5-11(9-18)15(20)17-2/h3,6-7,10-11,19H,4-5,8-9H2,1-2H3,(H,17,20)/t10-,11?/m0/s1. The SMILES string of the molecule is CNC(=O)C1CCCN(c2c(F)cccc2[C@H](C)O)C1. The molecule has 0 aliphatic carbocycles. The molecule has 1 saturated heterocycles. The van der Waals surface area contributed by atoms with Gasteiger partial charge >= 0.3 is 0 Å². The zero-order chi connectivity index (χ0) is 14.7. The first-order valence-electron chi connectivity index (χ1n) is 6.97. The largest absolute Gasteiger partial charge is 0.389 e. The first-order chi connectivity index (χ1) is 9.54. The second-order valence-electron chi connectivity index (χ2n) is 5.25. The van der Waals surface area contributed by atoms with E-state index in [9.17, 15) is 14.3 Å². The third-order valence-corrected chi connectivity index (χ3v) is 3.82. The Morgan fingerprint density at radius 1 is 1.55 bits per heavy atom. The van der Waals surface area contributed by atoms with E-state index in [-0.39, 0.29) is 17.6 Å². The van der Waals surface area contributed by atoms with Crippen LogP contribution in [0.15, 0.2) is 18.2 Å². The van der Waals surface area contributed by atoms with E-state index < -0.39 is 6.10 Å². The van der Waals surface area contributed by atoms with Crippen molar-refractivity contribution in [3.63, 3.8) is 0 Å². The fourth-order valence-corrected chi connectivity index (χ4v) is 2.80. The number of anilines is 1. The average Bonchev–Trinajstić information content (AvgIpc) is 2.46. The van der Waals surface area contributed by atoms with E-state index in [1.54, 1.807) is 26.1 Å². The summed E-state index contributed by atoms with van der Waals surface area (Å²) in [6, 6.07) is 4.72. The summed E-state index contributed by atoms with van der Waals surface area (Å²) >= 11 is 0. The van der Waals surface area contributed by atoms with Gasteiger partial charge in [0, 0.05) is 25.7 Å². The fraction of sp³-hybridized carbons (Fsp3) is 0.533. The van der Waals surface area contributed by atoms with Crippen LogP contribution in [0.5, 0.6) is 0 Å². The molecule has 1 aromatic carbocycles. The van der Waals surface area contributed by atoms with Crippen molar-refractivity contribution in [1.82, 2.24) is 5.32 Å². The van der Waals surface area contributed by atoms with Gasteiger partial charge in [-0.05, 0) is 25.8 Å². The third kappa shape index (κ3) is 2.93. The molecule has 4 nitrogen and oxygen atoms in total. The number of para-hydroxylation sites is 1. The van der Waals surface area contributed by atoms with Gasteiger partial charge in [-0.25, -0.2) is 4.39 Å². The number of nitrogens with zero attached hydrogens (tertiary/aromatic N) is 1. The highest BCUT2D eigenvalue weighted by atomic mass is 19.1. The Morgan fingerprint density at radius 2 is 2.30 bits per heavy atom. The van der Waals surface area contributed by atoms with E-state index in [0.29, 0.717) is 24.3 Å². The number of halogens is 1. The molecule has 2 rings (SSSR count). The summed E-state index contributed by atoms with van der Waals surface area (Å²) < 4.78 is 14.2. The van der Waals surface area contributed by atoms with Crippen molar-refractivity contribution in [3.05, 3.63) is 29.6 Å². The smallest absolute Gasteiger partial charge is 0.224 e. The van der Waals surface area contributed by atoms with Crippen LogP contribution < -0.4 is 10.2 Å². The molecule has 1 amide bonds. The number of carbonyl (C=O) groups is 1. The van der Waals surface area contributed by atoms with E-state index >= 15 is 0 Å². The molecule has 1 aromatic rings. The van der Waals surface area contributed by atoms with Crippen molar-refractivity contribution in [3.8, 4) is 0 Å². The van der Waals surface area contributed by atoms with Gasteiger partial charge in [0.05, 0.1) is 17.7 Å². The number of aliphatic hydroxyl groups is 1. The topological polar surface area (TPSA) is 52.6 Å². The summed E-state index contributed by atoms with van der Waals surface area (Å²) in [5.74, 6) is -0.485. The lowest BCUT2D eigenvalue weighted by Gasteiger charge is -2.35. The first-order valence-corrected chi connectivity index (χ1v) is 6.97. The van der Waals surface area contributed by atoms with Gasteiger partial charge in [-0.2, -0.15) is 0 Å². The predicted molar refractivity (Wildman–Crippen MR) is 76.0 cm³/mol. The molecule has 110 valence electrons. The zero-order valence-electron chi connectivity index (χ0n) is 11.9. The minimum absolute atomic E-state index is 0.00960. The lowest BCUT2D eigenvalue weighted by molar-refractivity contribution is -0.124. The Balaban J connectivity index is 2.29. The van der Waals surface area contributed by atoms with E-state index in [0.717, 1.165) is 12.8 Å². The number of carbonyl (C=O) groups excluding carboxylic acids is 1. The monoisotopic (exact) mass is 280 g/mol. The van der Waals surface area contributed by atoms with Crippen LogP contribution in [0.3, 0.4) is 0 Å². The number of hydrogen-bond donors (Lipinski definition) is 2. The van der Waals surface area contributed by atoms with Crippen molar-refractivity contribution < 1.29 is 14.3 Å².